The van der Waals surface area contributed by atoms with Gasteiger partial charge in [-0.05, 0) is 31.2 Å². The molecule has 0 amide bonds. The van der Waals surface area contributed by atoms with Crippen molar-refractivity contribution in [3.05, 3.63) is 18.5 Å². The lowest BCUT2D eigenvalue weighted by atomic mass is 9.88. The summed E-state index contributed by atoms with van der Waals surface area (Å²) in [6.07, 6.45) is 8.38. The number of hydrogen-bond donors (Lipinski definition) is 1. The molecular formula is C14H20N6O. The molecule has 0 saturated heterocycles. The first kappa shape index (κ1) is 13.8. The molecule has 3 rings (SSSR count). The number of rotatable bonds is 4. The molecule has 0 aromatic carbocycles. The van der Waals surface area contributed by atoms with Crippen molar-refractivity contribution in [2.45, 2.75) is 38.7 Å². The van der Waals surface area contributed by atoms with Crippen LogP contribution in [0.2, 0.25) is 0 Å². The van der Waals surface area contributed by atoms with Crippen molar-refractivity contribution in [2.75, 3.05) is 12.4 Å². The van der Waals surface area contributed by atoms with Gasteiger partial charge in [0.15, 0.2) is 0 Å². The van der Waals surface area contributed by atoms with Crippen LogP contribution in [-0.4, -0.2) is 37.9 Å². The predicted octanol–water partition coefficient (Wildman–Crippen LogP) is 2.06. The maximum Gasteiger partial charge on any atom is 0.323 e. The van der Waals surface area contributed by atoms with Gasteiger partial charge in [0.1, 0.15) is 6.10 Å². The Bertz CT molecular complexity index is 585. The minimum absolute atomic E-state index is 0.177. The summed E-state index contributed by atoms with van der Waals surface area (Å²) < 4.78 is 7.60. The second kappa shape index (κ2) is 6.07. The third kappa shape index (κ3) is 3.12. The third-order valence-corrected chi connectivity index (χ3v) is 3.83. The number of aromatic nitrogens is 5. The number of nitrogens with one attached hydrogen (secondary N) is 1. The summed E-state index contributed by atoms with van der Waals surface area (Å²) in [7, 11) is 1.77. The van der Waals surface area contributed by atoms with E-state index < -0.39 is 0 Å². The van der Waals surface area contributed by atoms with Gasteiger partial charge in [0.05, 0.1) is 0 Å². The van der Waals surface area contributed by atoms with Crippen molar-refractivity contribution in [1.82, 2.24) is 24.7 Å². The van der Waals surface area contributed by atoms with E-state index in [2.05, 4.69) is 32.3 Å². The van der Waals surface area contributed by atoms with Crippen molar-refractivity contribution in [3.63, 3.8) is 0 Å². The zero-order valence-electron chi connectivity index (χ0n) is 12.4. The van der Waals surface area contributed by atoms with Gasteiger partial charge in [-0.1, -0.05) is 13.3 Å². The molecule has 0 aliphatic heterocycles. The van der Waals surface area contributed by atoms with E-state index in [1.54, 1.807) is 24.1 Å². The van der Waals surface area contributed by atoms with Gasteiger partial charge < -0.3 is 10.1 Å². The first-order valence-electron chi connectivity index (χ1n) is 7.37. The molecule has 2 heterocycles. The molecule has 2 unspecified atom stereocenters. The minimum atomic E-state index is 0.177. The van der Waals surface area contributed by atoms with Gasteiger partial charge in [0.25, 0.3) is 5.95 Å². The molecule has 0 bridgehead atoms. The molecule has 2 aromatic heterocycles. The molecule has 0 radical (unpaired) electrons. The Labute approximate surface area is 123 Å². The number of hydrogen-bond acceptors (Lipinski definition) is 6. The van der Waals surface area contributed by atoms with Crippen LogP contribution in [0.3, 0.4) is 0 Å². The summed E-state index contributed by atoms with van der Waals surface area (Å²) in [4.78, 5) is 13.0. The molecular weight excluding hydrogens is 268 g/mol. The number of ether oxygens (including phenoxy) is 1. The van der Waals surface area contributed by atoms with Gasteiger partial charge >= 0.3 is 6.01 Å². The summed E-state index contributed by atoms with van der Waals surface area (Å²) >= 11 is 0. The maximum atomic E-state index is 6.01. The van der Waals surface area contributed by atoms with Crippen molar-refractivity contribution in [2.24, 2.45) is 5.92 Å². The second-order valence-corrected chi connectivity index (χ2v) is 5.36. The monoisotopic (exact) mass is 288 g/mol. The maximum absolute atomic E-state index is 6.01. The Balaban J connectivity index is 1.85. The zero-order chi connectivity index (χ0) is 14.7. The summed E-state index contributed by atoms with van der Waals surface area (Å²) in [5.41, 5.74) is 0. The zero-order valence-corrected chi connectivity index (χ0v) is 12.4. The van der Waals surface area contributed by atoms with E-state index in [9.17, 15) is 0 Å². The molecule has 1 fully saturated rings. The smallest absolute Gasteiger partial charge is 0.323 e. The van der Waals surface area contributed by atoms with Gasteiger partial charge in [-0.25, -0.2) is 4.68 Å². The second-order valence-electron chi connectivity index (χ2n) is 5.36. The van der Waals surface area contributed by atoms with Crippen molar-refractivity contribution < 1.29 is 4.74 Å². The molecule has 21 heavy (non-hydrogen) atoms. The summed E-state index contributed by atoms with van der Waals surface area (Å²) in [5.74, 6) is 1.47. The van der Waals surface area contributed by atoms with Crippen molar-refractivity contribution >= 4 is 5.95 Å². The highest BCUT2D eigenvalue weighted by Crippen LogP contribution is 2.27. The van der Waals surface area contributed by atoms with Gasteiger partial charge in [0, 0.05) is 19.4 Å². The average Bonchev–Trinajstić information content (AvgIpc) is 3.04. The van der Waals surface area contributed by atoms with Crippen LogP contribution in [0.5, 0.6) is 6.01 Å². The third-order valence-electron chi connectivity index (χ3n) is 3.83. The van der Waals surface area contributed by atoms with Gasteiger partial charge in [0.2, 0.25) is 5.95 Å². The van der Waals surface area contributed by atoms with Crippen LogP contribution >= 0.6 is 0 Å². The Morgan fingerprint density at radius 1 is 1.24 bits per heavy atom. The summed E-state index contributed by atoms with van der Waals surface area (Å²) in [6, 6.07) is 2.19. The normalized spacial score (nSPS) is 22.0. The van der Waals surface area contributed by atoms with Crippen LogP contribution in [0.1, 0.15) is 32.6 Å². The largest absolute Gasteiger partial charge is 0.460 e. The highest BCUT2D eigenvalue weighted by Gasteiger charge is 2.24. The van der Waals surface area contributed by atoms with Crippen LogP contribution in [0.25, 0.3) is 5.95 Å². The summed E-state index contributed by atoms with van der Waals surface area (Å²) in [6.45, 7) is 2.22. The number of anilines is 1. The van der Waals surface area contributed by atoms with Crippen molar-refractivity contribution in [3.8, 4) is 12.0 Å². The predicted molar refractivity (Wildman–Crippen MR) is 78.5 cm³/mol. The van der Waals surface area contributed by atoms with E-state index in [0.29, 0.717) is 23.8 Å². The van der Waals surface area contributed by atoms with Gasteiger partial charge in [-0.15, -0.1) is 0 Å². The fourth-order valence-corrected chi connectivity index (χ4v) is 2.59. The topological polar surface area (TPSA) is 77.8 Å². The van der Waals surface area contributed by atoms with E-state index in [4.69, 9.17) is 4.74 Å². The van der Waals surface area contributed by atoms with Crippen molar-refractivity contribution in [1.29, 1.82) is 0 Å². The lowest BCUT2D eigenvalue weighted by Gasteiger charge is -2.28. The lowest BCUT2D eigenvalue weighted by molar-refractivity contribution is 0.0921. The molecule has 112 valence electrons. The van der Waals surface area contributed by atoms with E-state index in [1.807, 2.05) is 6.07 Å². The van der Waals surface area contributed by atoms with Gasteiger partial charge in [-0.2, -0.15) is 20.1 Å². The quantitative estimate of drug-likeness (QED) is 0.927. The Morgan fingerprint density at radius 3 is 2.81 bits per heavy atom. The SMILES string of the molecule is CNc1nc(OC2CCCCC2C)nc(-n2cccn2)n1. The highest BCUT2D eigenvalue weighted by atomic mass is 16.5. The fourth-order valence-electron chi connectivity index (χ4n) is 2.59. The first-order chi connectivity index (χ1) is 10.3. The molecule has 7 nitrogen and oxygen atoms in total. The van der Waals surface area contributed by atoms with E-state index in [1.165, 1.54) is 19.3 Å². The highest BCUT2D eigenvalue weighted by molar-refractivity contribution is 5.29. The van der Waals surface area contributed by atoms with Crippen LogP contribution < -0.4 is 10.1 Å². The molecule has 1 aliphatic rings. The van der Waals surface area contributed by atoms with E-state index in [-0.39, 0.29) is 6.10 Å². The Kier molecular flexibility index (Phi) is 3.98. The van der Waals surface area contributed by atoms with E-state index >= 15 is 0 Å². The number of nitrogens with zero attached hydrogens (tertiary/aromatic N) is 5. The lowest BCUT2D eigenvalue weighted by Crippen LogP contribution is -2.29. The molecule has 2 aromatic rings. The Hall–Kier alpha value is -2.18. The molecule has 1 saturated carbocycles. The average molecular weight is 288 g/mol. The van der Waals surface area contributed by atoms with Crippen LogP contribution in [0.4, 0.5) is 5.95 Å². The first-order valence-corrected chi connectivity index (χ1v) is 7.37. The molecule has 2 atom stereocenters. The summed E-state index contributed by atoms with van der Waals surface area (Å²) in [5, 5.41) is 7.08. The molecule has 1 N–H and O–H groups in total. The molecule has 0 spiro atoms. The van der Waals surface area contributed by atoms with E-state index in [0.717, 1.165) is 6.42 Å². The van der Waals surface area contributed by atoms with Crippen LogP contribution in [0, 0.1) is 5.92 Å². The minimum Gasteiger partial charge on any atom is -0.460 e. The van der Waals surface area contributed by atoms with Crippen LogP contribution in [0.15, 0.2) is 18.5 Å². The van der Waals surface area contributed by atoms with Crippen LogP contribution in [-0.2, 0) is 0 Å². The molecule has 1 aliphatic carbocycles. The molecule has 7 heteroatoms. The fraction of sp³-hybridized carbons (Fsp3) is 0.571. The van der Waals surface area contributed by atoms with Gasteiger partial charge in [-0.3, -0.25) is 0 Å². The standard InChI is InChI=1S/C14H20N6O/c1-10-6-3-4-7-11(10)21-14-18-12(15-2)17-13(19-14)20-9-5-8-16-20/h5,8-11H,3-4,6-7H2,1-2H3,(H,15,17,18,19). The Morgan fingerprint density at radius 2 is 2.10 bits per heavy atom.